The molecular weight excluding hydrogens is 132 g/mol. The number of hydrazine groups is 1. The SMILES string of the molecule is CCC1C=NNC1.NN.O. The fraction of sp³-hybridized carbons (Fsp3) is 0.800. The molecule has 62 valence electrons. The Bertz CT molecular complexity index is 85.7. The summed E-state index contributed by atoms with van der Waals surface area (Å²) in [4.78, 5) is 0. The molecule has 1 heterocycles. The molecule has 1 rings (SSSR count). The molecule has 7 N–H and O–H groups in total. The van der Waals surface area contributed by atoms with Crippen LogP contribution in [-0.2, 0) is 0 Å². The van der Waals surface area contributed by atoms with Crippen molar-refractivity contribution in [3.05, 3.63) is 0 Å². The van der Waals surface area contributed by atoms with Gasteiger partial charge < -0.3 is 10.9 Å². The lowest BCUT2D eigenvalue weighted by molar-refractivity contribution is 0.645. The summed E-state index contributed by atoms with van der Waals surface area (Å²) < 4.78 is 0. The molecule has 0 amide bonds. The van der Waals surface area contributed by atoms with E-state index < -0.39 is 0 Å². The topological polar surface area (TPSA) is 108 Å². The van der Waals surface area contributed by atoms with Crippen LogP contribution in [0.3, 0.4) is 0 Å². The largest absolute Gasteiger partial charge is 0.412 e. The molecule has 5 nitrogen and oxygen atoms in total. The van der Waals surface area contributed by atoms with Crippen molar-refractivity contribution in [2.75, 3.05) is 6.54 Å². The minimum absolute atomic E-state index is 0. The van der Waals surface area contributed by atoms with Crippen LogP contribution in [0.2, 0.25) is 0 Å². The van der Waals surface area contributed by atoms with Gasteiger partial charge in [-0.2, -0.15) is 5.10 Å². The van der Waals surface area contributed by atoms with Crippen molar-refractivity contribution in [2.24, 2.45) is 22.7 Å². The molecule has 0 aromatic heterocycles. The van der Waals surface area contributed by atoms with Gasteiger partial charge in [0, 0.05) is 18.7 Å². The van der Waals surface area contributed by atoms with Gasteiger partial charge in [-0.25, -0.2) is 0 Å². The van der Waals surface area contributed by atoms with E-state index in [9.17, 15) is 0 Å². The van der Waals surface area contributed by atoms with E-state index in [1.165, 1.54) is 6.42 Å². The molecule has 0 fully saturated rings. The molecule has 1 aliphatic heterocycles. The Balaban J connectivity index is 0. The molecule has 1 unspecified atom stereocenters. The summed E-state index contributed by atoms with van der Waals surface area (Å²) in [5.41, 5.74) is 2.89. The van der Waals surface area contributed by atoms with Gasteiger partial charge in [0.2, 0.25) is 0 Å². The predicted molar refractivity (Wildman–Crippen MR) is 42.3 cm³/mol. The molecule has 10 heavy (non-hydrogen) atoms. The zero-order valence-corrected chi connectivity index (χ0v) is 6.17. The van der Waals surface area contributed by atoms with Crippen LogP contribution in [0.4, 0.5) is 0 Å². The van der Waals surface area contributed by atoms with Crippen LogP contribution in [0, 0.1) is 5.92 Å². The van der Waals surface area contributed by atoms with Gasteiger partial charge in [0.05, 0.1) is 0 Å². The van der Waals surface area contributed by atoms with Crippen molar-refractivity contribution < 1.29 is 5.48 Å². The molecule has 0 aromatic carbocycles. The second-order valence-electron chi connectivity index (χ2n) is 1.81. The van der Waals surface area contributed by atoms with E-state index >= 15 is 0 Å². The lowest BCUT2D eigenvalue weighted by Gasteiger charge is -1.95. The Morgan fingerprint density at radius 1 is 1.70 bits per heavy atom. The Kier molecular flexibility index (Phi) is 10.1. The highest BCUT2D eigenvalue weighted by Crippen LogP contribution is 1.99. The van der Waals surface area contributed by atoms with Crippen LogP contribution in [0.25, 0.3) is 0 Å². The van der Waals surface area contributed by atoms with Gasteiger partial charge in [0.15, 0.2) is 0 Å². The average molecular weight is 148 g/mol. The highest BCUT2D eigenvalue weighted by Gasteiger charge is 2.04. The third-order valence-electron chi connectivity index (χ3n) is 1.25. The van der Waals surface area contributed by atoms with Gasteiger partial charge >= 0.3 is 0 Å². The smallest absolute Gasteiger partial charge is 0.0407 e. The standard InChI is InChI=1S/C5H10N2.H4N2.H2O/c1-2-5-3-6-7-4-5;1-2;/h3,5,7H,2,4H2,1H3;1-2H2;1H2. The first-order chi connectivity index (χ1) is 4.43. The van der Waals surface area contributed by atoms with E-state index in [-0.39, 0.29) is 5.48 Å². The van der Waals surface area contributed by atoms with Gasteiger partial charge in [0.25, 0.3) is 0 Å². The summed E-state index contributed by atoms with van der Waals surface area (Å²) in [6, 6.07) is 0. The number of rotatable bonds is 1. The molecule has 1 aliphatic rings. The summed E-state index contributed by atoms with van der Waals surface area (Å²) >= 11 is 0. The predicted octanol–water partition coefficient (Wildman–Crippen LogP) is -1.40. The van der Waals surface area contributed by atoms with Gasteiger partial charge in [0.1, 0.15) is 0 Å². The van der Waals surface area contributed by atoms with Crippen LogP contribution in [-0.4, -0.2) is 18.2 Å². The van der Waals surface area contributed by atoms with Crippen molar-refractivity contribution in [3.8, 4) is 0 Å². The highest BCUT2D eigenvalue weighted by atomic mass is 16.0. The molecule has 0 aromatic rings. The lowest BCUT2D eigenvalue weighted by atomic mass is 10.1. The summed E-state index contributed by atoms with van der Waals surface area (Å²) in [6.07, 6.45) is 3.18. The first kappa shape index (κ1) is 12.1. The van der Waals surface area contributed by atoms with Crippen LogP contribution in [0.15, 0.2) is 5.10 Å². The van der Waals surface area contributed by atoms with Crippen molar-refractivity contribution in [1.82, 2.24) is 5.43 Å². The van der Waals surface area contributed by atoms with E-state index in [2.05, 4.69) is 29.1 Å². The maximum Gasteiger partial charge on any atom is 0.0407 e. The molecular formula is C5H16N4O. The average Bonchev–Trinajstić information content (AvgIpc) is 2.43. The Morgan fingerprint density at radius 2 is 2.30 bits per heavy atom. The number of hydrogen-bond donors (Lipinski definition) is 3. The minimum Gasteiger partial charge on any atom is -0.412 e. The third kappa shape index (κ3) is 4.25. The minimum atomic E-state index is 0. The second-order valence-corrected chi connectivity index (χ2v) is 1.81. The second kappa shape index (κ2) is 8.35. The van der Waals surface area contributed by atoms with E-state index in [4.69, 9.17) is 0 Å². The van der Waals surface area contributed by atoms with Crippen molar-refractivity contribution >= 4 is 6.21 Å². The molecule has 0 radical (unpaired) electrons. The highest BCUT2D eigenvalue weighted by molar-refractivity contribution is 5.62. The molecule has 0 saturated carbocycles. The third-order valence-corrected chi connectivity index (χ3v) is 1.25. The van der Waals surface area contributed by atoms with E-state index in [1.807, 2.05) is 6.21 Å². The normalized spacial score (nSPS) is 20.1. The maximum atomic E-state index is 4.00. The first-order valence-corrected chi connectivity index (χ1v) is 3.03. The van der Waals surface area contributed by atoms with Crippen LogP contribution in [0.5, 0.6) is 0 Å². The summed E-state index contributed by atoms with van der Waals surface area (Å²) in [5, 5.41) is 3.86. The maximum absolute atomic E-state index is 4.00. The molecule has 0 aliphatic carbocycles. The van der Waals surface area contributed by atoms with Crippen LogP contribution in [0.1, 0.15) is 13.3 Å². The fourth-order valence-corrected chi connectivity index (χ4v) is 0.631. The number of hydrogen-bond acceptors (Lipinski definition) is 4. The van der Waals surface area contributed by atoms with Crippen molar-refractivity contribution in [1.29, 1.82) is 0 Å². The summed E-state index contributed by atoms with van der Waals surface area (Å²) in [6.45, 7) is 3.21. The van der Waals surface area contributed by atoms with Gasteiger partial charge in [-0.3, -0.25) is 11.7 Å². The zero-order valence-electron chi connectivity index (χ0n) is 6.17. The van der Waals surface area contributed by atoms with Gasteiger partial charge in [-0.05, 0) is 6.42 Å². The van der Waals surface area contributed by atoms with Gasteiger partial charge in [-0.1, -0.05) is 6.92 Å². The van der Waals surface area contributed by atoms with E-state index in [0.717, 1.165) is 6.54 Å². The van der Waals surface area contributed by atoms with Crippen LogP contribution >= 0.6 is 0 Å². The summed E-state index contributed by atoms with van der Waals surface area (Å²) in [7, 11) is 0. The summed E-state index contributed by atoms with van der Waals surface area (Å²) in [5.74, 6) is 8.69. The quantitative estimate of drug-likeness (QED) is 0.314. The van der Waals surface area contributed by atoms with Crippen molar-refractivity contribution in [3.63, 3.8) is 0 Å². The zero-order chi connectivity index (χ0) is 7.11. The lowest BCUT2D eigenvalue weighted by Crippen LogP contribution is -2.08. The Hall–Kier alpha value is -0.650. The van der Waals surface area contributed by atoms with Crippen LogP contribution < -0.4 is 17.1 Å². The molecule has 0 saturated heterocycles. The molecule has 1 atom stereocenters. The molecule has 0 spiro atoms. The van der Waals surface area contributed by atoms with E-state index in [0.29, 0.717) is 5.92 Å². The molecule has 5 heteroatoms. The van der Waals surface area contributed by atoms with Crippen molar-refractivity contribution in [2.45, 2.75) is 13.3 Å². The van der Waals surface area contributed by atoms with Gasteiger partial charge in [-0.15, -0.1) is 0 Å². The Labute approximate surface area is 60.7 Å². The molecule has 0 bridgehead atoms. The Morgan fingerprint density at radius 3 is 2.50 bits per heavy atom. The fourth-order valence-electron chi connectivity index (χ4n) is 0.631. The number of hydrazone groups is 1. The number of nitrogens with two attached hydrogens (primary N) is 2. The number of nitrogens with zero attached hydrogens (tertiary/aromatic N) is 1. The monoisotopic (exact) mass is 148 g/mol. The first-order valence-electron chi connectivity index (χ1n) is 3.03. The number of nitrogens with one attached hydrogen (secondary N) is 1. The van der Waals surface area contributed by atoms with E-state index in [1.54, 1.807) is 0 Å².